The van der Waals surface area contributed by atoms with Crippen molar-refractivity contribution in [1.82, 2.24) is 9.36 Å². The lowest BCUT2D eigenvalue weighted by Crippen LogP contribution is -1.94. The normalized spacial score (nSPS) is 10.2. The van der Waals surface area contributed by atoms with Gasteiger partial charge in [0, 0.05) is 22.3 Å². The smallest absolute Gasteiger partial charge is 0.0875 e. The molecule has 3 rings (SSSR count). The van der Waals surface area contributed by atoms with E-state index in [9.17, 15) is 0 Å². The maximum Gasteiger partial charge on any atom is 0.0875 e. The van der Waals surface area contributed by atoms with Crippen molar-refractivity contribution in [3.8, 4) is 0 Å². The molecule has 0 fully saturated rings. The van der Waals surface area contributed by atoms with E-state index in [1.807, 2.05) is 35.8 Å². The van der Waals surface area contributed by atoms with Gasteiger partial charge in [0.25, 0.3) is 0 Å². The van der Waals surface area contributed by atoms with E-state index in [4.69, 9.17) is 5.41 Å². The van der Waals surface area contributed by atoms with Crippen LogP contribution in [-0.2, 0) is 0 Å². The molecule has 3 N–H and O–H groups in total. The van der Waals surface area contributed by atoms with Crippen LogP contribution >= 0.6 is 23.9 Å². The van der Waals surface area contributed by atoms with Gasteiger partial charge in [-0.1, -0.05) is 23.7 Å². The van der Waals surface area contributed by atoms with E-state index in [1.54, 1.807) is 0 Å². The van der Waals surface area contributed by atoms with Crippen LogP contribution in [0.3, 0.4) is 0 Å². The summed E-state index contributed by atoms with van der Waals surface area (Å²) in [5.41, 5.74) is 1.92. The van der Waals surface area contributed by atoms with Gasteiger partial charge in [-0.3, -0.25) is 5.41 Å². The quantitative estimate of drug-likeness (QED) is 0.550. The summed E-state index contributed by atoms with van der Waals surface area (Å²) in [4.78, 5) is 3.14. The number of hydrogen-bond acceptors (Lipinski definition) is 2. The molecule has 0 spiro atoms. The molecule has 0 saturated heterocycles. The Balaban J connectivity index is 0.000000963. The summed E-state index contributed by atoms with van der Waals surface area (Å²) < 4.78 is 3.23. The van der Waals surface area contributed by atoms with Crippen LogP contribution in [0.15, 0.2) is 35.8 Å². The van der Waals surface area contributed by atoms with E-state index in [0.29, 0.717) is 5.36 Å². The molecule has 0 unspecified atom stereocenters. The maximum absolute atomic E-state index is 8.05. The molecule has 5 heteroatoms. The van der Waals surface area contributed by atoms with Crippen LogP contribution in [0.5, 0.6) is 0 Å². The molecule has 82 valence electrons. The van der Waals surface area contributed by atoms with E-state index in [0.717, 1.165) is 21.8 Å². The van der Waals surface area contributed by atoms with Crippen molar-refractivity contribution in [2.75, 3.05) is 0 Å². The van der Waals surface area contributed by atoms with Crippen molar-refractivity contribution in [3.05, 3.63) is 41.2 Å². The Hall–Kier alpha value is -1.52. The Morgan fingerprint density at radius 3 is 2.81 bits per heavy atom. The lowest BCUT2D eigenvalue weighted by Gasteiger charge is -1.87. The Morgan fingerprint density at radius 1 is 1.06 bits per heavy atom. The highest BCUT2D eigenvalue weighted by Gasteiger charge is 2.05. The third-order valence-electron chi connectivity index (χ3n) is 2.49. The molecule has 3 nitrogen and oxygen atoms in total. The van der Waals surface area contributed by atoms with Gasteiger partial charge in [-0.05, 0) is 12.1 Å². The Labute approximate surface area is 102 Å². The first-order valence-corrected chi connectivity index (χ1v) is 5.52. The van der Waals surface area contributed by atoms with E-state index in [-0.39, 0.29) is 12.4 Å². The largest absolute Gasteiger partial charge is 0.359 e. The van der Waals surface area contributed by atoms with Gasteiger partial charge in [-0.15, -0.1) is 12.4 Å². The number of fused-ring (bicyclic) bond motifs is 3. The summed E-state index contributed by atoms with van der Waals surface area (Å²) in [6.45, 7) is 0. The molecule has 0 radical (unpaired) electrons. The number of nitrogens with one attached hydrogen (secondary N) is 3. The minimum Gasteiger partial charge on any atom is -0.359 e. The molecule has 0 aliphatic rings. The lowest BCUT2D eigenvalue weighted by atomic mass is 10.3. The van der Waals surface area contributed by atoms with Crippen LogP contribution < -0.4 is 5.36 Å². The fourth-order valence-corrected chi connectivity index (χ4v) is 2.40. The molecule has 2 heterocycles. The molecule has 0 bridgehead atoms. The van der Waals surface area contributed by atoms with E-state index in [2.05, 4.69) is 9.36 Å². The van der Waals surface area contributed by atoms with Crippen molar-refractivity contribution >= 4 is 45.7 Å². The zero-order chi connectivity index (χ0) is 10.3. The summed E-state index contributed by atoms with van der Waals surface area (Å²) in [5, 5.41) is 12.6. The zero-order valence-corrected chi connectivity index (χ0v) is 9.91. The Bertz CT molecular complexity index is 708. The van der Waals surface area contributed by atoms with Gasteiger partial charge in [0.15, 0.2) is 0 Å². The van der Waals surface area contributed by atoms with Gasteiger partial charge in [-0.2, -0.15) is 0 Å². The highest BCUT2D eigenvalue weighted by Crippen LogP contribution is 2.19. The fraction of sp³-hybridized carbons (Fsp3) is 0. The fourth-order valence-electron chi connectivity index (χ4n) is 1.79. The predicted octanol–water partition coefficient (Wildman–Crippen LogP) is 3.17. The monoisotopic (exact) mass is 251 g/mol. The highest BCUT2D eigenvalue weighted by molar-refractivity contribution is 7.03. The summed E-state index contributed by atoms with van der Waals surface area (Å²) >= 11 is 1.53. The molecule has 0 aliphatic heterocycles. The Morgan fingerprint density at radius 2 is 1.94 bits per heavy atom. The van der Waals surface area contributed by atoms with Gasteiger partial charge in [0.05, 0.1) is 16.4 Å². The average molecular weight is 252 g/mol. The second-order valence-corrected chi connectivity index (χ2v) is 4.05. The molecule has 0 aliphatic carbocycles. The summed E-state index contributed by atoms with van der Waals surface area (Å²) in [6.07, 6.45) is 1.85. The standard InChI is InChI=1S/C11H9N3S.ClH/c12-9-7-4-6-15-14-10(7)8-3-1-2-5-13-11(8)9;/h1-6,12-14H;1H. The summed E-state index contributed by atoms with van der Waals surface area (Å²) in [7, 11) is 0. The van der Waals surface area contributed by atoms with E-state index >= 15 is 0 Å². The third-order valence-corrected chi connectivity index (χ3v) is 3.08. The second kappa shape index (κ2) is 4.15. The average Bonchev–Trinajstić information content (AvgIpc) is 2.48. The van der Waals surface area contributed by atoms with Crippen LogP contribution in [0.25, 0.3) is 21.8 Å². The van der Waals surface area contributed by atoms with Crippen LogP contribution in [0, 0.1) is 5.41 Å². The Kier molecular flexibility index (Phi) is 2.85. The molecule has 3 aromatic rings. The number of rotatable bonds is 0. The van der Waals surface area contributed by atoms with Gasteiger partial charge >= 0.3 is 0 Å². The third kappa shape index (κ3) is 1.47. The predicted molar refractivity (Wildman–Crippen MR) is 69.9 cm³/mol. The van der Waals surface area contributed by atoms with Crippen molar-refractivity contribution in [3.63, 3.8) is 0 Å². The van der Waals surface area contributed by atoms with Crippen molar-refractivity contribution < 1.29 is 0 Å². The molecule has 0 amide bonds. The van der Waals surface area contributed by atoms with Crippen LogP contribution in [0.4, 0.5) is 0 Å². The molecule has 2 aromatic heterocycles. The first-order chi connectivity index (χ1) is 7.38. The second-order valence-electron chi connectivity index (χ2n) is 3.34. The first kappa shape index (κ1) is 11.0. The minimum atomic E-state index is 0. The SMILES string of the molecule is Cl.N=c1c2ccs[nH]c2c2cccc[nH]c12. The molecule has 16 heavy (non-hydrogen) atoms. The summed E-state index contributed by atoms with van der Waals surface area (Å²) in [5.74, 6) is 0. The van der Waals surface area contributed by atoms with Crippen molar-refractivity contribution in [2.45, 2.75) is 0 Å². The highest BCUT2D eigenvalue weighted by atomic mass is 35.5. The van der Waals surface area contributed by atoms with Gasteiger partial charge in [0.2, 0.25) is 0 Å². The zero-order valence-electron chi connectivity index (χ0n) is 8.28. The molecule has 0 atom stereocenters. The number of hydrogen-bond donors (Lipinski definition) is 3. The minimum absolute atomic E-state index is 0. The van der Waals surface area contributed by atoms with Crippen molar-refractivity contribution in [2.24, 2.45) is 0 Å². The van der Waals surface area contributed by atoms with E-state index < -0.39 is 0 Å². The summed E-state index contributed by atoms with van der Waals surface area (Å²) in [6, 6.07) is 7.91. The number of H-pyrrole nitrogens is 2. The van der Waals surface area contributed by atoms with Gasteiger partial charge in [0.1, 0.15) is 0 Å². The molecular formula is C11H10ClN3S. The number of aromatic amines is 2. The molecular weight excluding hydrogens is 242 g/mol. The topological polar surface area (TPSA) is 55.4 Å². The maximum atomic E-state index is 8.05. The molecule has 0 saturated carbocycles. The number of halogens is 1. The first-order valence-electron chi connectivity index (χ1n) is 4.64. The number of aromatic nitrogens is 2. The molecule has 1 aromatic carbocycles. The van der Waals surface area contributed by atoms with Gasteiger partial charge < -0.3 is 9.36 Å². The van der Waals surface area contributed by atoms with Crippen LogP contribution in [-0.4, -0.2) is 9.36 Å². The van der Waals surface area contributed by atoms with E-state index in [1.165, 1.54) is 11.5 Å². The van der Waals surface area contributed by atoms with Crippen LogP contribution in [0.1, 0.15) is 0 Å². The van der Waals surface area contributed by atoms with Crippen LogP contribution in [0.2, 0.25) is 0 Å². The lowest BCUT2D eigenvalue weighted by molar-refractivity contribution is 1.31. The van der Waals surface area contributed by atoms with Crippen molar-refractivity contribution in [1.29, 1.82) is 5.41 Å². The van der Waals surface area contributed by atoms with Gasteiger partial charge in [-0.25, -0.2) is 0 Å².